The second-order valence-corrected chi connectivity index (χ2v) is 6.75. The summed E-state index contributed by atoms with van der Waals surface area (Å²) in [6, 6.07) is 5.27. The summed E-state index contributed by atoms with van der Waals surface area (Å²) in [7, 11) is 0. The molecule has 0 radical (unpaired) electrons. The lowest BCUT2D eigenvalue weighted by molar-refractivity contribution is -0.137. The third-order valence-corrected chi connectivity index (χ3v) is 4.94. The number of halogens is 3. The van der Waals surface area contributed by atoms with Gasteiger partial charge in [-0.1, -0.05) is 19.1 Å². The molecule has 0 saturated heterocycles. The monoisotopic (exact) mass is 366 g/mol. The van der Waals surface area contributed by atoms with Gasteiger partial charge in [-0.2, -0.15) is 13.2 Å². The first-order valence-electron chi connectivity index (χ1n) is 8.69. The van der Waals surface area contributed by atoms with Crippen molar-refractivity contribution in [1.82, 2.24) is 9.88 Å². The first-order chi connectivity index (χ1) is 12.1. The largest absolute Gasteiger partial charge is 0.416 e. The molecule has 1 amide bonds. The molecule has 1 aromatic carbocycles. The first kappa shape index (κ1) is 20.1. The SMILES string of the molecule is CCC(C)NC(=O)c1c(C)c(C)c(C)n1Cc1cccc(C(F)(F)F)c1. The number of nitrogens with zero attached hydrogens (tertiary/aromatic N) is 1. The van der Waals surface area contributed by atoms with E-state index in [1.807, 2.05) is 34.6 Å². The quantitative estimate of drug-likeness (QED) is 0.793. The zero-order valence-corrected chi connectivity index (χ0v) is 15.8. The summed E-state index contributed by atoms with van der Waals surface area (Å²) >= 11 is 0. The molecule has 0 aliphatic heterocycles. The number of hydrogen-bond acceptors (Lipinski definition) is 1. The maximum atomic E-state index is 13.0. The maximum absolute atomic E-state index is 13.0. The fraction of sp³-hybridized carbons (Fsp3) is 0.450. The molecule has 0 bridgehead atoms. The molecule has 0 fully saturated rings. The highest BCUT2D eigenvalue weighted by Gasteiger charge is 2.30. The Morgan fingerprint density at radius 1 is 1.19 bits per heavy atom. The summed E-state index contributed by atoms with van der Waals surface area (Å²) < 4.78 is 40.7. The molecule has 1 atom stereocenters. The van der Waals surface area contributed by atoms with Gasteiger partial charge in [-0.25, -0.2) is 0 Å². The van der Waals surface area contributed by atoms with Crippen LogP contribution in [-0.4, -0.2) is 16.5 Å². The van der Waals surface area contributed by atoms with Gasteiger partial charge in [0.15, 0.2) is 0 Å². The van der Waals surface area contributed by atoms with Gasteiger partial charge in [0.05, 0.1) is 5.56 Å². The lowest BCUT2D eigenvalue weighted by Crippen LogP contribution is -2.34. The summed E-state index contributed by atoms with van der Waals surface area (Å²) in [5.74, 6) is -0.194. The highest BCUT2D eigenvalue weighted by molar-refractivity contribution is 5.95. The second kappa shape index (κ2) is 7.56. The summed E-state index contributed by atoms with van der Waals surface area (Å²) in [5.41, 5.74) is 3.06. The smallest absolute Gasteiger partial charge is 0.348 e. The highest BCUT2D eigenvalue weighted by Crippen LogP contribution is 2.30. The zero-order chi connectivity index (χ0) is 19.6. The molecule has 0 spiro atoms. The molecule has 2 rings (SSSR count). The van der Waals surface area contributed by atoms with E-state index in [0.717, 1.165) is 35.4 Å². The number of rotatable bonds is 5. The van der Waals surface area contributed by atoms with Gasteiger partial charge >= 0.3 is 6.18 Å². The van der Waals surface area contributed by atoms with E-state index in [4.69, 9.17) is 0 Å². The van der Waals surface area contributed by atoms with Gasteiger partial charge in [-0.3, -0.25) is 4.79 Å². The number of carbonyl (C=O) groups is 1. The van der Waals surface area contributed by atoms with Crippen LogP contribution in [0, 0.1) is 20.8 Å². The van der Waals surface area contributed by atoms with Crippen molar-refractivity contribution in [3.8, 4) is 0 Å². The van der Waals surface area contributed by atoms with Crippen molar-refractivity contribution in [2.45, 2.75) is 59.8 Å². The molecule has 6 heteroatoms. The molecule has 0 aliphatic carbocycles. The molecular weight excluding hydrogens is 341 g/mol. The van der Waals surface area contributed by atoms with Crippen molar-refractivity contribution < 1.29 is 18.0 Å². The van der Waals surface area contributed by atoms with Crippen LogP contribution in [0.2, 0.25) is 0 Å². The zero-order valence-electron chi connectivity index (χ0n) is 15.8. The van der Waals surface area contributed by atoms with Gasteiger partial charge in [0.1, 0.15) is 5.69 Å². The fourth-order valence-electron chi connectivity index (χ4n) is 2.93. The lowest BCUT2D eigenvalue weighted by Gasteiger charge is -2.16. The predicted octanol–water partition coefficient (Wildman–Crippen LogP) is 5.01. The van der Waals surface area contributed by atoms with Crippen LogP contribution in [0.4, 0.5) is 13.2 Å². The molecule has 142 valence electrons. The molecule has 0 aliphatic rings. The molecule has 26 heavy (non-hydrogen) atoms. The summed E-state index contributed by atoms with van der Waals surface area (Å²) in [6.45, 7) is 9.80. The second-order valence-electron chi connectivity index (χ2n) is 6.75. The van der Waals surface area contributed by atoms with Crippen LogP contribution >= 0.6 is 0 Å². The Hall–Kier alpha value is -2.24. The van der Waals surface area contributed by atoms with E-state index in [0.29, 0.717) is 11.3 Å². The molecule has 1 aromatic heterocycles. The number of aromatic nitrogens is 1. The van der Waals surface area contributed by atoms with Crippen LogP contribution in [-0.2, 0) is 12.7 Å². The number of alkyl halides is 3. The topological polar surface area (TPSA) is 34.0 Å². The standard InChI is InChI=1S/C20H25F3N2O/c1-6-12(2)24-19(26)18-14(4)13(3)15(5)25(18)11-16-8-7-9-17(10-16)20(21,22)23/h7-10,12H,6,11H2,1-5H3,(H,24,26). The van der Waals surface area contributed by atoms with Crippen LogP contribution < -0.4 is 5.32 Å². The normalized spacial score (nSPS) is 12.9. The Labute approximate surface area is 152 Å². The number of carbonyl (C=O) groups excluding carboxylic acids is 1. The minimum atomic E-state index is -4.38. The van der Waals surface area contributed by atoms with Crippen LogP contribution in [0.25, 0.3) is 0 Å². The predicted molar refractivity (Wildman–Crippen MR) is 96.4 cm³/mol. The highest BCUT2D eigenvalue weighted by atomic mass is 19.4. The third-order valence-electron chi connectivity index (χ3n) is 4.94. The maximum Gasteiger partial charge on any atom is 0.416 e. The van der Waals surface area contributed by atoms with Gasteiger partial charge in [0.25, 0.3) is 5.91 Å². The van der Waals surface area contributed by atoms with Gasteiger partial charge < -0.3 is 9.88 Å². The molecule has 1 heterocycles. The van der Waals surface area contributed by atoms with Crippen LogP contribution in [0.5, 0.6) is 0 Å². The number of amides is 1. The van der Waals surface area contributed by atoms with E-state index in [9.17, 15) is 18.0 Å². The van der Waals surface area contributed by atoms with E-state index in [2.05, 4.69) is 5.32 Å². The van der Waals surface area contributed by atoms with Crippen molar-refractivity contribution >= 4 is 5.91 Å². The minimum Gasteiger partial charge on any atom is -0.348 e. The molecule has 2 aromatic rings. The molecule has 1 N–H and O–H groups in total. The molecule has 1 unspecified atom stereocenters. The van der Waals surface area contributed by atoms with Crippen molar-refractivity contribution in [2.24, 2.45) is 0 Å². The first-order valence-corrected chi connectivity index (χ1v) is 8.69. The van der Waals surface area contributed by atoms with E-state index >= 15 is 0 Å². The average molecular weight is 366 g/mol. The number of nitrogens with one attached hydrogen (secondary N) is 1. The van der Waals surface area contributed by atoms with E-state index in [-0.39, 0.29) is 18.5 Å². The molecule has 3 nitrogen and oxygen atoms in total. The van der Waals surface area contributed by atoms with Gasteiger partial charge in [0, 0.05) is 18.3 Å². The molecule has 0 saturated carbocycles. The van der Waals surface area contributed by atoms with Gasteiger partial charge in [0.2, 0.25) is 0 Å². The minimum absolute atomic E-state index is 0.0272. The Bertz CT molecular complexity index is 806. The van der Waals surface area contributed by atoms with E-state index in [1.54, 1.807) is 10.6 Å². The van der Waals surface area contributed by atoms with Gasteiger partial charge in [-0.15, -0.1) is 0 Å². The Balaban J connectivity index is 2.44. The third kappa shape index (κ3) is 4.11. The summed E-state index contributed by atoms with van der Waals surface area (Å²) in [4.78, 5) is 12.7. The van der Waals surface area contributed by atoms with Crippen LogP contribution in [0.15, 0.2) is 24.3 Å². The fourth-order valence-corrected chi connectivity index (χ4v) is 2.93. The number of hydrogen-bond donors (Lipinski definition) is 1. The molecular formula is C20H25F3N2O. The van der Waals surface area contributed by atoms with Crippen molar-refractivity contribution in [3.63, 3.8) is 0 Å². The summed E-state index contributed by atoms with van der Waals surface area (Å²) in [5, 5.41) is 2.95. The Kier molecular flexibility index (Phi) is 5.84. The Morgan fingerprint density at radius 3 is 2.42 bits per heavy atom. The average Bonchev–Trinajstić information content (AvgIpc) is 2.78. The van der Waals surface area contributed by atoms with Crippen LogP contribution in [0.1, 0.15) is 58.7 Å². The Morgan fingerprint density at radius 2 is 1.85 bits per heavy atom. The van der Waals surface area contributed by atoms with Crippen LogP contribution in [0.3, 0.4) is 0 Å². The van der Waals surface area contributed by atoms with E-state index in [1.165, 1.54) is 6.07 Å². The van der Waals surface area contributed by atoms with Crippen molar-refractivity contribution in [3.05, 3.63) is 57.9 Å². The number of benzene rings is 1. The van der Waals surface area contributed by atoms with Crippen molar-refractivity contribution in [2.75, 3.05) is 0 Å². The van der Waals surface area contributed by atoms with Gasteiger partial charge in [-0.05, 0) is 62.9 Å². The summed E-state index contributed by atoms with van der Waals surface area (Å²) in [6.07, 6.45) is -3.58. The van der Waals surface area contributed by atoms with E-state index < -0.39 is 11.7 Å². The van der Waals surface area contributed by atoms with Crippen molar-refractivity contribution in [1.29, 1.82) is 0 Å². The lowest BCUT2D eigenvalue weighted by atomic mass is 10.1.